The lowest BCUT2D eigenvalue weighted by atomic mass is 9.84. The van der Waals surface area contributed by atoms with E-state index < -0.39 is 11.7 Å². The van der Waals surface area contributed by atoms with E-state index in [4.69, 9.17) is 5.73 Å². The molecule has 0 aromatic heterocycles. The molecule has 1 aromatic carbocycles. The first kappa shape index (κ1) is 14.5. The maximum atomic E-state index is 13.1. The molecule has 0 amide bonds. The number of benzene rings is 1. The molecule has 1 aromatic rings. The van der Waals surface area contributed by atoms with Crippen LogP contribution in [0, 0.1) is 17.8 Å². The summed E-state index contributed by atoms with van der Waals surface area (Å²) < 4.78 is 39.3. The van der Waals surface area contributed by atoms with E-state index in [1.54, 1.807) is 0 Å². The molecule has 2 saturated carbocycles. The van der Waals surface area contributed by atoms with Crippen molar-refractivity contribution < 1.29 is 13.2 Å². The first-order chi connectivity index (χ1) is 9.84. The second-order valence-corrected chi connectivity index (χ2v) is 6.57. The van der Waals surface area contributed by atoms with Gasteiger partial charge in [-0.1, -0.05) is 6.42 Å². The summed E-state index contributed by atoms with van der Waals surface area (Å²) in [7, 11) is 0. The number of nitrogens with two attached hydrogens (primary N) is 1. The Morgan fingerprint density at radius 1 is 1.24 bits per heavy atom. The Hall–Kier alpha value is -1.39. The number of alkyl halides is 3. The molecule has 21 heavy (non-hydrogen) atoms. The molecule has 2 fully saturated rings. The van der Waals surface area contributed by atoms with Gasteiger partial charge in [-0.05, 0) is 62.1 Å². The minimum atomic E-state index is -4.38. The topological polar surface area (TPSA) is 38.0 Å². The molecule has 2 nitrogen and oxygen atoms in total. The maximum Gasteiger partial charge on any atom is 0.418 e. The molecule has 2 bridgehead atoms. The minimum absolute atomic E-state index is 0.0602. The second-order valence-electron chi connectivity index (χ2n) is 6.57. The Morgan fingerprint density at radius 2 is 2.00 bits per heavy atom. The Bertz CT molecular complexity index is 527. The zero-order valence-corrected chi connectivity index (χ0v) is 12.1. The van der Waals surface area contributed by atoms with Crippen LogP contribution in [0.5, 0.6) is 0 Å². The smallest absolute Gasteiger partial charge is 0.399 e. The molecule has 4 atom stereocenters. The summed E-state index contributed by atoms with van der Waals surface area (Å²) in [4.78, 5) is 0. The van der Waals surface area contributed by atoms with E-state index >= 15 is 0 Å². The highest BCUT2D eigenvalue weighted by Crippen LogP contribution is 2.50. The van der Waals surface area contributed by atoms with E-state index in [1.165, 1.54) is 31.4 Å². The highest BCUT2D eigenvalue weighted by molar-refractivity contribution is 5.59. The standard InChI is InChI=1S/C16H21F3N2/c1-9(13-7-10-2-3-11(13)6-10)21-15-5-4-12(20)8-14(15)16(17,18)19/h4-5,8-11,13,21H,2-3,6-7,20H2,1H3. The Labute approximate surface area is 122 Å². The number of halogens is 3. The Kier molecular flexibility index (Phi) is 3.54. The van der Waals surface area contributed by atoms with Crippen molar-refractivity contribution in [3.05, 3.63) is 23.8 Å². The fraction of sp³-hybridized carbons (Fsp3) is 0.625. The van der Waals surface area contributed by atoms with E-state index in [0.29, 0.717) is 11.8 Å². The molecule has 0 heterocycles. The highest BCUT2D eigenvalue weighted by Gasteiger charge is 2.42. The van der Waals surface area contributed by atoms with E-state index in [1.807, 2.05) is 6.92 Å². The molecular formula is C16H21F3N2. The lowest BCUT2D eigenvalue weighted by Gasteiger charge is -2.30. The molecule has 3 rings (SSSR count). The molecular weight excluding hydrogens is 277 g/mol. The van der Waals surface area contributed by atoms with Gasteiger partial charge in [-0.3, -0.25) is 0 Å². The van der Waals surface area contributed by atoms with Crippen LogP contribution in [-0.2, 0) is 6.18 Å². The average Bonchev–Trinajstić information content (AvgIpc) is 3.02. The van der Waals surface area contributed by atoms with Gasteiger partial charge in [0.25, 0.3) is 0 Å². The Morgan fingerprint density at radius 3 is 2.57 bits per heavy atom. The van der Waals surface area contributed by atoms with Crippen molar-refractivity contribution in [3.8, 4) is 0 Å². The van der Waals surface area contributed by atoms with Gasteiger partial charge in [-0.25, -0.2) is 0 Å². The summed E-state index contributed by atoms with van der Waals surface area (Å²) in [6, 6.07) is 4.04. The number of anilines is 2. The number of hydrogen-bond acceptors (Lipinski definition) is 2. The number of rotatable bonds is 3. The van der Waals surface area contributed by atoms with Gasteiger partial charge in [0.15, 0.2) is 0 Å². The number of fused-ring (bicyclic) bond motifs is 2. The van der Waals surface area contributed by atoms with Gasteiger partial charge in [-0.2, -0.15) is 13.2 Å². The van der Waals surface area contributed by atoms with E-state index in [0.717, 1.165) is 18.4 Å². The lowest BCUT2D eigenvalue weighted by Crippen LogP contribution is -2.30. The summed E-state index contributed by atoms with van der Waals surface area (Å²) in [5, 5.41) is 3.10. The van der Waals surface area contributed by atoms with Crippen LogP contribution in [0.4, 0.5) is 24.5 Å². The highest BCUT2D eigenvalue weighted by atomic mass is 19.4. The van der Waals surface area contributed by atoms with Crippen molar-refractivity contribution in [1.82, 2.24) is 0 Å². The van der Waals surface area contributed by atoms with Gasteiger partial charge in [0.2, 0.25) is 0 Å². The Balaban J connectivity index is 1.78. The van der Waals surface area contributed by atoms with Crippen molar-refractivity contribution in [2.45, 2.75) is 44.8 Å². The number of nitrogen functional groups attached to an aromatic ring is 1. The van der Waals surface area contributed by atoms with Crippen LogP contribution in [0.1, 0.15) is 38.2 Å². The summed E-state index contributed by atoms with van der Waals surface area (Å²) in [6.45, 7) is 2.00. The zero-order valence-electron chi connectivity index (χ0n) is 12.1. The van der Waals surface area contributed by atoms with E-state index in [2.05, 4.69) is 5.32 Å². The molecule has 0 saturated heterocycles. The summed E-state index contributed by atoms with van der Waals surface area (Å²) in [5.41, 5.74) is 5.11. The van der Waals surface area contributed by atoms with Gasteiger partial charge < -0.3 is 11.1 Å². The average molecular weight is 298 g/mol. The van der Waals surface area contributed by atoms with E-state index in [-0.39, 0.29) is 17.4 Å². The van der Waals surface area contributed by atoms with Crippen LogP contribution in [0.15, 0.2) is 18.2 Å². The lowest BCUT2D eigenvalue weighted by molar-refractivity contribution is -0.136. The molecule has 2 aliphatic rings. The third-order valence-electron chi connectivity index (χ3n) is 5.17. The minimum Gasteiger partial charge on any atom is -0.399 e. The summed E-state index contributed by atoms with van der Waals surface area (Å²) >= 11 is 0. The van der Waals surface area contributed by atoms with Crippen LogP contribution in [0.2, 0.25) is 0 Å². The third-order valence-corrected chi connectivity index (χ3v) is 5.17. The molecule has 0 aliphatic heterocycles. The molecule has 5 heteroatoms. The third kappa shape index (κ3) is 2.83. The normalized spacial score (nSPS) is 29.6. The van der Waals surface area contributed by atoms with Gasteiger partial charge >= 0.3 is 6.18 Å². The van der Waals surface area contributed by atoms with Gasteiger partial charge in [0.1, 0.15) is 0 Å². The summed E-state index contributed by atoms with van der Waals surface area (Å²) in [5.74, 6) is 1.96. The van der Waals surface area contributed by atoms with Crippen molar-refractivity contribution >= 4 is 11.4 Å². The fourth-order valence-electron chi connectivity index (χ4n) is 4.18. The zero-order chi connectivity index (χ0) is 15.2. The first-order valence-corrected chi connectivity index (χ1v) is 7.58. The SMILES string of the molecule is CC(Nc1ccc(N)cc1C(F)(F)F)C1CC2CCC1C2. The van der Waals surface area contributed by atoms with Crippen LogP contribution in [-0.4, -0.2) is 6.04 Å². The fourth-order valence-corrected chi connectivity index (χ4v) is 4.18. The van der Waals surface area contributed by atoms with Gasteiger partial charge in [-0.15, -0.1) is 0 Å². The summed E-state index contributed by atoms with van der Waals surface area (Å²) in [6.07, 6.45) is 0.546. The van der Waals surface area contributed by atoms with Gasteiger partial charge in [0.05, 0.1) is 5.56 Å². The van der Waals surface area contributed by atoms with Crippen molar-refractivity contribution in [2.24, 2.45) is 17.8 Å². The van der Waals surface area contributed by atoms with Gasteiger partial charge in [0, 0.05) is 17.4 Å². The molecule has 2 aliphatic carbocycles. The van der Waals surface area contributed by atoms with E-state index in [9.17, 15) is 13.2 Å². The molecule has 0 radical (unpaired) electrons. The first-order valence-electron chi connectivity index (χ1n) is 7.58. The predicted molar refractivity (Wildman–Crippen MR) is 77.9 cm³/mol. The van der Waals surface area contributed by atoms with Crippen molar-refractivity contribution in [3.63, 3.8) is 0 Å². The number of hydrogen-bond donors (Lipinski definition) is 2. The van der Waals surface area contributed by atoms with Crippen LogP contribution in [0.3, 0.4) is 0 Å². The largest absolute Gasteiger partial charge is 0.418 e. The molecule has 3 N–H and O–H groups in total. The second kappa shape index (κ2) is 5.11. The van der Waals surface area contributed by atoms with Crippen molar-refractivity contribution in [2.75, 3.05) is 11.1 Å². The molecule has 116 valence electrons. The molecule has 4 unspecified atom stereocenters. The van der Waals surface area contributed by atoms with Crippen LogP contribution >= 0.6 is 0 Å². The quantitative estimate of drug-likeness (QED) is 0.805. The predicted octanol–water partition coefficient (Wildman–Crippen LogP) is 4.52. The molecule has 0 spiro atoms. The monoisotopic (exact) mass is 298 g/mol. The van der Waals surface area contributed by atoms with Crippen LogP contribution in [0.25, 0.3) is 0 Å². The van der Waals surface area contributed by atoms with Crippen molar-refractivity contribution in [1.29, 1.82) is 0 Å². The number of nitrogens with one attached hydrogen (secondary N) is 1. The van der Waals surface area contributed by atoms with Crippen LogP contribution < -0.4 is 11.1 Å². The maximum absolute atomic E-state index is 13.1.